The molecule has 0 amide bonds. The zero-order chi connectivity index (χ0) is 12.3. The van der Waals surface area contributed by atoms with Gasteiger partial charge in [0, 0.05) is 18.5 Å². The molecule has 96 valence electrons. The van der Waals surface area contributed by atoms with Gasteiger partial charge in [0.25, 0.3) is 0 Å². The first-order chi connectivity index (χ1) is 8.20. The van der Waals surface area contributed by atoms with Crippen molar-refractivity contribution in [1.29, 1.82) is 0 Å². The van der Waals surface area contributed by atoms with Crippen LogP contribution in [0.5, 0.6) is 0 Å². The molecule has 0 bridgehead atoms. The van der Waals surface area contributed by atoms with Gasteiger partial charge in [-0.15, -0.1) is 11.3 Å². The van der Waals surface area contributed by atoms with Crippen molar-refractivity contribution in [3.8, 4) is 0 Å². The number of aromatic nitrogens is 1. The van der Waals surface area contributed by atoms with Crippen molar-refractivity contribution in [2.75, 3.05) is 24.6 Å². The molecule has 4 nitrogen and oxygen atoms in total. The normalized spacial score (nSPS) is 25.2. The standard InChI is InChI=1S/C12H21N3OS/c1-4-13-5-11-8-17-12(14-11)15-6-10(3)16-7-9(15)2/h8-10,13H,4-7H2,1-3H3. The number of morpholine rings is 1. The second-order valence-electron chi connectivity index (χ2n) is 4.55. The van der Waals surface area contributed by atoms with E-state index in [1.165, 1.54) is 0 Å². The Kier molecular flexibility index (Phi) is 4.36. The van der Waals surface area contributed by atoms with Gasteiger partial charge in [-0.2, -0.15) is 0 Å². The molecule has 0 spiro atoms. The van der Waals surface area contributed by atoms with Gasteiger partial charge in [-0.3, -0.25) is 0 Å². The molecule has 0 radical (unpaired) electrons. The van der Waals surface area contributed by atoms with Crippen LogP contribution in [0.25, 0.3) is 0 Å². The summed E-state index contributed by atoms with van der Waals surface area (Å²) in [5, 5.41) is 6.57. The lowest BCUT2D eigenvalue weighted by molar-refractivity contribution is 0.0343. The molecule has 1 aromatic heterocycles. The summed E-state index contributed by atoms with van der Waals surface area (Å²) in [4.78, 5) is 7.04. The quantitative estimate of drug-likeness (QED) is 0.891. The number of nitrogens with zero attached hydrogens (tertiary/aromatic N) is 2. The molecule has 1 saturated heterocycles. The zero-order valence-corrected chi connectivity index (χ0v) is 11.6. The highest BCUT2D eigenvalue weighted by atomic mass is 32.1. The Labute approximate surface area is 107 Å². The Hall–Kier alpha value is -0.650. The van der Waals surface area contributed by atoms with E-state index in [0.717, 1.165) is 37.1 Å². The van der Waals surface area contributed by atoms with E-state index in [1.54, 1.807) is 11.3 Å². The average molecular weight is 255 g/mol. The van der Waals surface area contributed by atoms with Crippen LogP contribution >= 0.6 is 11.3 Å². The van der Waals surface area contributed by atoms with E-state index in [1.807, 2.05) is 0 Å². The molecule has 2 atom stereocenters. The van der Waals surface area contributed by atoms with Crippen LogP contribution in [0.1, 0.15) is 26.5 Å². The van der Waals surface area contributed by atoms with Crippen molar-refractivity contribution < 1.29 is 4.74 Å². The third-order valence-electron chi connectivity index (χ3n) is 2.95. The lowest BCUT2D eigenvalue weighted by Gasteiger charge is -2.36. The molecular formula is C12H21N3OS. The maximum Gasteiger partial charge on any atom is 0.185 e. The number of anilines is 1. The largest absolute Gasteiger partial charge is 0.375 e. The lowest BCUT2D eigenvalue weighted by atomic mass is 10.2. The number of ether oxygens (including phenoxy) is 1. The van der Waals surface area contributed by atoms with Crippen molar-refractivity contribution in [3.05, 3.63) is 11.1 Å². The van der Waals surface area contributed by atoms with Crippen molar-refractivity contribution in [2.24, 2.45) is 0 Å². The van der Waals surface area contributed by atoms with Crippen LogP contribution in [0.3, 0.4) is 0 Å². The first kappa shape index (κ1) is 12.8. The maximum atomic E-state index is 5.64. The lowest BCUT2D eigenvalue weighted by Crippen LogP contribution is -2.47. The van der Waals surface area contributed by atoms with Crippen molar-refractivity contribution >= 4 is 16.5 Å². The minimum atomic E-state index is 0.298. The summed E-state index contributed by atoms with van der Waals surface area (Å²) in [6.07, 6.45) is 0.298. The summed E-state index contributed by atoms with van der Waals surface area (Å²) in [5.74, 6) is 0. The average Bonchev–Trinajstić information content (AvgIpc) is 2.78. The third-order valence-corrected chi connectivity index (χ3v) is 3.88. The van der Waals surface area contributed by atoms with Gasteiger partial charge in [0.2, 0.25) is 0 Å². The maximum absolute atomic E-state index is 5.64. The highest BCUT2D eigenvalue weighted by Gasteiger charge is 2.25. The Morgan fingerprint density at radius 3 is 3.18 bits per heavy atom. The van der Waals surface area contributed by atoms with Crippen LogP contribution in [0, 0.1) is 0 Å². The van der Waals surface area contributed by atoms with Crippen LogP contribution in [0.4, 0.5) is 5.13 Å². The van der Waals surface area contributed by atoms with Gasteiger partial charge in [0.05, 0.1) is 24.4 Å². The fourth-order valence-corrected chi connectivity index (χ4v) is 2.87. The highest BCUT2D eigenvalue weighted by molar-refractivity contribution is 7.13. The van der Waals surface area contributed by atoms with Gasteiger partial charge in [-0.1, -0.05) is 6.92 Å². The van der Waals surface area contributed by atoms with Gasteiger partial charge >= 0.3 is 0 Å². The van der Waals surface area contributed by atoms with Crippen LogP contribution < -0.4 is 10.2 Å². The molecule has 0 aromatic carbocycles. The summed E-state index contributed by atoms with van der Waals surface area (Å²) in [5.41, 5.74) is 1.14. The summed E-state index contributed by atoms with van der Waals surface area (Å²) in [6.45, 7) is 10.0. The third kappa shape index (κ3) is 3.18. The number of rotatable bonds is 4. The molecule has 2 rings (SSSR count). The van der Waals surface area contributed by atoms with E-state index in [2.05, 4.69) is 41.4 Å². The molecule has 1 aliphatic heterocycles. The topological polar surface area (TPSA) is 37.4 Å². The predicted octanol–water partition coefficient (Wildman–Crippen LogP) is 1.87. The fourth-order valence-electron chi connectivity index (χ4n) is 1.93. The zero-order valence-electron chi connectivity index (χ0n) is 10.8. The van der Waals surface area contributed by atoms with E-state index in [-0.39, 0.29) is 0 Å². The molecule has 1 aliphatic rings. The van der Waals surface area contributed by atoms with Crippen molar-refractivity contribution in [2.45, 2.75) is 39.5 Å². The first-order valence-corrected chi connectivity index (χ1v) is 7.12. The van der Waals surface area contributed by atoms with Crippen molar-refractivity contribution in [1.82, 2.24) is 10.3 Å². The summed E-state index contributed by atoms with van der Waals surface area (Å²) in [7, 11) is 0. The number of nitrogens with one attached hydrogen (secondary N) is 1. The molecule has 1 N–H and O–H groups in total. The number of thiazole rings is 1. The van der Waals surface area contributed by atoms with E-state index >= 15 is 0 Å². The molecule has 0 saturated carbocycles. The molecule has 2 unspecified atom stereocenters. The van der Waals surface area contributed by atoms with Crippen LogP contribution in [0.15, 0.2) is 5.38 Å². The van der Waals surface area contributed by atoms with E-state index in [0.29, 0.717) is 12.1 Å². The minimum absolute atomic E-state index is 0.298. The highest BCUT2D eigenvalue weighted by Crippen LogP contribution is 2.25. The van der Waals surface area contributed by atoms with Gasteiger partial charge < -0.3 is 15.0 Å². The van der Waals surface area contributed by atoms with E-state index in [9.17, 15) is 0 Å². The predicted molar refractivity (Wildman–Crippen MR) is 71.7 cm³/mol. The number of hydrogen-bond acceptors (Lipinski definition) is 5. The Morgan fingerprint density at radius 1 is 1.59 bits per heavy atom. The monoisotopic (exact) mass is 255 g/mol. The molecule has 17 heavy (non-hydrogen) atoms. The Bertz CT molecular complexity index is 355. The molecule has 1 fully saturated rings. The number of hydrogen-bond donors (Lipinski definition) is 1. The molecule has 2 heterocycles. The molecule has 0 aliphatic carbocycles. The second-order valence-corrected chi connectivity index (χ2v) is 5.38. The smallest absolute Gasteiger partial charge is 0.185 e. The first-order valence-electron chi connectivity index (χ1n) is 6.24. The van der Waals surface area contributed by atoms with Gasteiger partial charge in [-0.25, -0.2) is 4.98 Å². The van der Waals surface area contributed by atoms with E-state index in [4.69, 9.17) is 4.74 Å². The molecule has 5 heteroatoms. The van der Waals surface area contributed by atoms with Gasteiger partial charge in [-0.05, 0) is 20.4 Å². The summed E-state index contributed by atoms with van der Waals surface area (Å²) < 4.78 is 5.64. The van der Waals surface area contributed by atoms with Gasteiger partial charge in [0.15, 0.2) is 5.13 Å². The summed E-state index contributed by atoms with van der Waals surface area (Å²) >= 11 is 1.73. The van der Waals surface area contributed by atoms with Crippen LogP contribution in [-0.4, -0.2) is 36.8 Å². The van der Waals surface area contributed by atoms with Gasteiger partial charge in [0.1, 0.15) is 0 Å². The minimum Gasteiger partial charge on any atom is -0.375 e. The molecular weight excluding hydrogens is 234 g/mol. The van der Waals surface area contributed by atoms with Crippen molar-refractivity contribution in [3.63, 3.8) is 0 Å². The fraction of sp³-hybridized carbons (Fsp3) is 0.750. The van der Waals surface area contributed by atoms with Crippen LogP contribution in [-0.2, 0) is 11.3 Å². The van der Waals surface area contributed by atoms with E-state index < -0.39 is 0 Å². The molecule has 1 aromatic rings. The Morgan fingerprint density at radius 2 is 2.41 bits per heavy atom. The Balaban J connectivity index is 2.02. The second kappa shape index (κ2) is 5.80. The van der Waals surface area contributed by atoms with Crippen LogP contribution in [0.2, 0.25) is 0 Å². The summed E-state index contributed by atoms with van der Waals surface area (Å²) in [6, 6.07) is 0.421. The SMILES string of the molecule is CCNCc1csc(N2CC(C)OCC2C)n1.